The van der Waals surface area contributed by atoms with E-state index in [1.165, 1.54) is 25.3 Å². The summed E-state index contributed by atoms with van der Waals surface area (Å²) in [6.07, 6.45) is 19.0. The Bertz CT molecular complexity index is 496. The maximum absolute atomic E-state index is 11.1. The monoisotopic (exact) mass is 334 g/mol. The van der Waals surface area contributed by atoms with Crippen molar-refractivity contribution in [2.45, 2.75) is 57.7 Å². The first-order chi connectivity index (χ1) is 11.5. The molecule has 1 aliphatic rings. The van der Waals surface area contributed by atoms with Crippen molar-refractivity contribution in [2.24, 2.45) is 11.8 Å². The van der Waals surface area contributed by atoms with Gasteiger partial charge in [-0.25, -0.2) is 4.79 Å². The largest absolute Gasteiger partial charge is 0.465 e. The number of carbonyl (C=O) groups excluding carboxylic acids is 1. The Morgan fingerprint density at radius 1 is 1.38 bits per heavy atom. The minimum absolute atomic E-state index is 0.236. The van der Waals surface area contributed by atoms with Crippen LogP contribution in [-0.4, -0.2) is 29.1 Å². The molecule has 24 heavy (non-hydrogen) atoms. The van der Waals surface area contributed by atoms with Crippen LogP contribution in [0.15, 0.2) is 42.2 Å². The zero-order valence-electron chi connectivity index (χ0n) is 14.8. The van der Waals surface area contributed by atoms with E-state index >= 15 is 0 Å². The Morgan fingerprint density at radius 2 is 2.17 bits per heavy atom. The van der Waals surface area contributed by atoms with Gasteiger partial charge in [0, 0.05) is 6.42 Å². The smallest absolute Gasteiger partial charge is 0.366 e. The molecule has 0 radical (unpaired) electrons. The quantitative estimate of drug-likeness (QED) is 0.210. The van der Waals surface area contributed by atoms with E-state index < -0.39 is 11.8 Å². The molecule has 134 valence electrons. The van der Waals surface area contributed by atoms with Crippen molar-refractivity contribution in [3.63, 3.8) is 0 Å². The lowest BCUT2D eigenvalue weighted by Crippen LogP contribution is -2.38. The van der Waals surface area contributed by atoms with Crippen molar-refractivity contribution in [3.8, 4) is 0 Å². The van der Waals surface area contributed by atoms with E-state index in [1.54, 1.807) is 0 Å². The van der Waals surface area contributed by atoms with Crippen LogP contribution in [0.2, 0.25) is 0 Å². The number of methoxy groups -OCH3 is 1. The first-order valence-electron chi connectivity index (χ1n) is 8.77. The molecule has 0 bridgehead atoms. The number of ether oxygens (including phenoxy) is 1. The lowest BCUT2D eigenvalue weighted by Gasteiger charge is -2.15. The molecular weight excluding hydrogens is 304 g/mol. The summed E-state index contributed by atoms with van der Waals surface area (Å²) >= 11 is 0. The first kappa shape index (κ1) is 20.4. The van der Waals surface area contributed by atoms with Gasteiger partial charge in [-0.2, -0.15) is 0 Å². The van der Waals surface area contributed by atoms with Gasteiger partial charge in [0.1, 0.15) is 0 Å². The van der Waals surface area contributed by atoms with Gasteiger partial charge >= 0.3 is 5.97 Å². The molecule has 0 aromatic heterocycles. The lowest BCUT2D eigenvalue weighted by atomic mass is 9.91. The molecule has 2 atom stereocenters. The number of allylic oxidation sites excluding steroid dienone is 4. The standard InChI is InChI=1S/C20H30O4/c1-3-4-5-6-8-12-17-14-11-15-18(17)13-9-7-10-16-20(22,23)19(21)24-2/h8-12,14,17-18,22-23H,3-6,13,15-16H2,1-2H3/t7?,17-,18-/m0/s1. The van der Waals surface area contributed by atoms with Gasteiger partial charge in [-0.15, -0.1) is 5.73 Å². The summed E-state index contributed by atoms with van der Waals surface area (Å²) < 4.78 is 4.32. The van der Waals surface area contributed by atoms with E-state index in [0.29, 0.717) is 11.8 Å². The Hall–Kier alpha value is -1.61. The maximum atomic E-state index is 11.1. The van der Waals surface area contributed by atoms with Gasteiger partial charge in [-0.05, 0) is 49.7 Å². The summed E-state index contributed by atoms with van der Waals surface area (Å²) in [5.41, 5.74) is 2.92. The molecule has 0 unspecified atom stereocenters. The fourth-order valence-corrected chi connectivity index (χ4v) is 2.72. The summed E-state index contributed by atoms with van der Waals surface area (Å²) in [6.45, 7) is 2.21. The van der Waals surface area contributed by atoms with Gasteiger partial charge in [0.25, 0.3) is 5.79 Å². The minimum atomic E-state index is -2.48. The zero-order valence-corrected chi connectivity index (χ0v) is 14.8. The van der Waals surface area contributed by atoms with Crippen LogP contribution >= 0.6 is 0 Å². The molecule has 0 amide bonds. The van der Waals surface area contributed by atoms with Crippen molar-refractivity contribution in [1.82, 2.24) is 0 Å². The number of carbonyl (C=O) groups is 1. The fourth-order valence-electron chi connectivity index (χ4n) is 2.72. The summed E-state index contributed by atoms with van der Waals surface area (Å²) in [7, 11) is 1.12. The third-order valence-electron chi connectivity index (χ3n) is 4.23. The van der Waals surface area contributed by atoms with Gasteiger partial charge < -0.3 is 14.9 Å². The first-order valence-corrected chi connectivity index (χ1v) is 8.77. The number of esters is 1. The highest BCUT2D eigenvalue weighted by atomic mass is 16.6. The Kier molecular flexibility index (Phi) is 9.39. The highest BCUT2D eigenvalue weighted by Crippen LogP contribution is 2.29. The molecule has 0 aliphatic heterocycles. The molecule has 4 heteroatoms. The second-order valence-electron chi connectivity index (χ2n) is 6.25. The number of hydrogen-bond acceptors (Lipinski definition) is 4. The second kappa shape index (κ2) is 11.0. The molecule has 2 N–H and O–H groups in total. The number of unbranched alkanes of at least 4 members (excludes halogenated alkanes) is 3. The third kappa shape index (κ3) is 7.31. The molecule has 0 aromatic rings. The average Bonchev–Trinajstić information content (AvgIpc) is 3.00. The molecule has 1 rings (SSSR count). The van der Waals surface area contributed by atoms with Crippen molar-refractivity contribution < 1.29 is 19.7 Å². The SMILES string of the molecule is CCCCCC=C[C@H]1C=CC[C@@H]1CC=C=CCC(O)(O)C(=O)OC. The van der Waals surface area contributed by atoms with Gasteiger partial charge in [-0.3, -0.25) is 0 Å². The highest BCUT2D eigenvalue weighted by Gasteiger charge is 2.32. The molecule has 0 saturated carbocycles. The van der Waals surface area contributed by atoms with Gasteiger partial charge in [0.15, 0.2) is 0 Å². The Morgan fingerprint density at radius 3 is 2.88 bits per heavy atom. The van der Waals surface area contributed by atoms with Crippen molar-refractivity contribution >= 4 is 5.97 Å². The van der Waals surface area contributed by atoms with Crippen LogP contribution in [0.1, 0.15) is 51.9 Å². The predicted molar refractivity (Wildman–Crippen MR) is 95.1 cm³/mol. The molecule has 0 aromatic carbocycles. The lowest BCUT2D eigenvalue weighted by molar-refractivity contribution is -0.205. The number of hydrogen-bond donors (Lipinski definition) is 2. The summed E-state index contributed by atoms with van der Waals surface area (Å²) in [5.74, 6) is -2.54. The van der Waals surface area contributed by atoms with Crippen LogP contribution in [-0.2, 0) is 9.53 Å². The summed E-state index contributed by atoms with van der Waals surface area (Å²) in [5, 5.41) is 18.9. The zero-order chi connectivity index (χ0) is 17.8. The summed E-state index contributed by atoms with van der Waals surface area (Å²) in [4.78, 5) is 11.1. The second-order valence-corrected chi connectivity index (χ2v) is 6.25. The van der Waals surface area contributed by atoms with Crippen LogP contribution < -0.4 is 0 Å². The molecule has 0 heterocycles. The predicted octanol–water partition coefficient (Wildman–Crippen LogP) is 3.66. The molecular formula is C20H30O4. The fraction of sp³-hybridized carbons (Fsp3) is 0.600. The number of aliphatic hydroxyl groups is 2. The maximum Gasteiger partial charge on any atom is 0.366 e. The van der Waals surface area contributed by atoms with Crippen molar-refractivity contribution in [3.05, 3.63) is 42.2 Å². The molecule has 0 saturated heterocycles. The van der Waals surface area contributed by atoms with Crippen LogP contribution in [0.4, 0.5) is 0 Å². The molecule has 4 nitrogen and oxygen atoms in total. The van der Waals surface area contributed by atoms with E-state index in [-0.39, 0.29) is 6.42 Å². The summed E-state index contributed by atoms with van der Waals surface area (Å²) in [6, 6.07) is 0. The Labute approximate surface area is 145 Å². The number of rotatable bonds is 10. The van der Waals surface area contributed by atoms with Crippen LogP contribution in [0.5, 0.6) is 0 Å². The third-order valence-corrected chi connectivity index (χ3v) is 4.23. The normalized spacial score (nSPS) is 20.2. The molecule has 0 spiro atoms. The van der Waals surface area contributed by atoms with Crippen molar-refractivity contribution in [1.29, 1.82) is 0 Å². The van der Waals surface area contributed by atoms with E-state index in [2.05, 4.69) is 41.7 Å². The van der Waals surface area contributed by atoms with Gasteiger partial charge in [0.05, 0.1) is 7.11 Å². The molecule has 0 fully saturated rings. The van der Waals surface area contributed by atoms with Crippen LogP contribution in [0.3, 0.4) is 0 Å². The minimum Gasteiger partial charge on any atom is -0.465 e. The van der Waals surface area contributed by atoms with Gasteiger partial charge in [-0.1, -0.05) is 44.1 Å². The highest BCUT2D eigenvalue weighted by molar-refractivity contribution is 5.77. The van der Waals surface area contributed by atoms with Crippen LogP contribution in [0, 0.1) is 11.8 Å². The van der Waals surface area contributed by atoms with Crippen molar-refractivity contribution in [2.75, 3.05) is 7.11 Å². The molecule has 1 aliphatic carbocycles. The van der Waals surface area contributed by atoms with E-state index in [4.69, 9.17) is 0 Å². The van der Waals surface area contributed by atoms with Gasteiger partial charge in [0.2, 0.25) is 0 Å². The van der Waals surface area contributed by atoms with Crippen LogP contribution in [0.25, 0.3) is 0 Å². The average molecular weight is 334 g/mol. The van der Waals surface area contributed by atoms with E-state index in [1.807, 2.05) is 6.08 Å². The Balaban J connectivity index is 2.40. The van der Waals surface area contributed by atoms with E-state index in [0.717, 1.165) is 26.4 Å². The van der Waals surface area contributed by atoms with E-state index in [9.17, 15) is 15.0 Å². The topological polar surface area (TPSA) is 66.8 Å².